The summed E-state index contributed by atoms with van der Waals surface area (Å²) in [4.78, 5) is 28.7. The van der Waals surface area contributed by atoms with Crippen LogP contribution in [0.5, 0.6) is 0 Å². The van der Waals surface area contributed by atoms with Gasteiger partial charge in [-0.1, -0.05) is 0 Å². The second-order valence-corrected chi connectivity index (χ2v) is 6.48. The van der Waals surface area contributed by atoms with Gasteiger partial charge in [0.2, 0.25) is 5.91 Å². The van der Waals surface area contributed by atoms with Crippen LogP contribution in [0.2, 0.25) is 0 Å². The van der Waals surface area contributed by atoms with E-state index in [1.165, 1.54) is 6.26 Å². The Hall–Kier alpha value is -1.86. The van der Waals surface area contributed by atoms with Crippen LogP contribution in [0.4, 0.5) is 0 Å². The van der Waals surface area contributed by atoms with Gasteiger partial charge in [0.25, 0.3) is 5.91 Å². The Balaban J connectivity index is 1.96. The third-order valence-corrected chi connectivity index (χ3v) is 4.31. The first-order valence-electron chi connectivity index (χ1n) is 8.68. The van der Waals surface area contributed by atoms with Crippen LogP contribution in [0.25, 0.3) is 0 Å². The number of furan rings is 1. The zero-order valence-electron chi connectivity index (χ0n) is 15.5. The topological polar surface area (TPSA) is 72.2 Å². The second-order valence-electron chi connectivity index (χ2n) is 6.48. The van der Waals surface area contributed by atoms with Crippen molar-refractivity contribution >= 4 is 11.8 Å². The first-order chi connectivity index (χ1) is 11.9. The summed E-state index contributed by atoms with van der Waals surface area (Å²) >= 11 is 0. The second kappa shape index (κ2) is 9.01. The average Bonchev–Trinajstić information content (AvgIpc) is 2.99. The first-order valence-corrected chi connectivity index (χ1v) is 8.68. The molecule has 1 aromatic heterocycles. The van der Waals surface area contributed by atoms with Gasteiger partial charge in [0.1, 0.15) is 5.76 Å². The van der Waals surface area contributed by atoms with Gasteiger partial charge in [-0.3, -0.25) is 9.59 Å². The van der Waals surface area contributed by atoms with E-state index in [-0.39, 0.29) is 30.4 Å². The molecule has 0 saturated carbocycles. The number of carbonyl (C=O) groups excluding carboxylic acids is 2. The number of methoxy groups -OCH3 is 1. The van der Waals surface area contributed by atoms with E-state index in [1.54, 1.807) is 25.0 Å². The normalized spacial score (nSPS) is 20.6. The lowest BCUT2D eigenvalue weighted by Gasteiger charge is -2.35. The van der Waals surface area contributed by atoms with Crippen LogP contribution in [0.1, 0.15) is 36.4 Å². The van der Waals surface area contributed by atoms with Crippen LogP contribution < -0.4 is 0 Å². The summed E-state index contributed by atoms with van der Waals surface area (Å²) in [5.41, 5.74) is 0.525. The number of morpholine rings is 1. The maximum absolute atomic E-state index is 12.7. The number of hydrogen-bond donors (Lipinski definition) is 0. The van der Waals surface area contributed by atoms with E-state index in [0.29, 0.717) is 44.1 Å². The average molecular weight is 352 g/mol. The number of amides is 2. The van der Waals surface area contributed by atoms with Gasteiger partial charge < -0.3 is 23.7 Å². The minimum atomic E-state index is -0.139. The van der Waals surface area contributed by atoms with Crippen LogP contribution in [0.3, 0.4) is 0 Å². The molecule has 1 aliphatic rings. The highest BCUT2D eigenvalue weighted by Gasteiger charge is 2.27. The van der Waals surface area contributed by atoms with Crippen molar-refractivity contribution in [1.82, 2.24) is 9.80 Å². The van der Waals surface area contributed by atoms with Crippen LogP contribution in [-0.2, 0) is 14.3 Å². The van der Waals surface area contributed by atoms with E-state index in [4.69, 9.17) is 13.9 Å². The summed E-state index contributed by atoms with van der Waals surface area (Å²) in [6, 6.07) is 1.66. The predicted octanol–water partition coefficient (Wildman–Crippen LogP) is 1.70. The number of ether oxygens (including phenoxy) is 2. The SMILES string of the molecule is COCCN(CCC(=O)N1CC(C)OC(C)C1)C(=O)c1ccoc1C. The fourth-order valence-corrected chi connectivity index (χ4v) is 3.06. The van der Waals surface area contributed by atoms with Gasteiger partial charge in [0.05, 0.1) is 30.6 Å². The third kappa shape index (κ3) is 5.31. The van der Waals surface area contributed by atoms with Crippen molar-refractivity contribution in [1.29, 1.82) is 0 Å². The van der Waals surface area contributed by atoms with E-state index in [0.717, 1.165) is 0 Å². The zero-order valence-corrected chi connectivity index (χ0v) is 15.5. The molecule has 2 atom stereocenters. The molecule has 2 rings (SSSR count). The molecule has 2 unspecified atom stereocenters. The third-order valence-electron chi connectivity index (χ3n) is 4.31. The highest BCUT2D eigenvalue weighted by Crippen LogP contribution is 2.14. The molecule has 25 heavy (non-hydrogen) atoms. The molecule has 0 bridgehead atoms. The molecule has 0 aromatic carbocycles. The molecule has 7 nitrogen and oxygen atoms in total. The van der Waals surface area contributed by atoms with Crippen LogP contribution in [-0.4, -0.2) is 73.7 Å². The van der Waals surface area contributed by atoms with Crippen molar-refractivity contribution in [3.63, 3.8) is 0 Å². The molecule has 140 valence electrons. The van der Waals surface area contributed by atoms with Crippen molar-refractivity contribution in [2.45, 2.75) is 39.4 Å². The summed E-state index contributed by atoms with van der Waals surface area (Å²) in [7, 11) is 1.59. The van der Waals surface area contributed by atoms with Crippen molar-refractivity contribution in [2.24, 2.45) is 0 Å². The molecule has 0 spiro atoms. The van der Waals surface area contributed by atoms with Crippen molar-refractivity contribution in [3.05, 3.63) is 23.7 Å². The highest BCUT2D eigenvalue weighted by atomic mass is 16.5. The highest BCUT2D eigenvalue weighted by molar-refractivity contribution is 5.95. The molecule has 7 heteroatoms. The molecular weight excluding hydrogens is 324 g/mol. The number of nitrogens with zero attached hydrogens (tertiary/aromatic N) is 2. The summed E-state index contributed by atoms with van der Waals surface area (Å²) in [6.45, 7) is 8.07. The maximum Gasteiger partial charge on any atom is 0.257 e. The minimum Gasteiger partial charge on any atom is -0.469 e. The zero-order chi connectivity index (χ0) is 18.4. The smallest absolute Gasteiger partial charge is 0.257 e. The molecule has 1 aromatic rings. The molecule has 0 radical (unpaired) electrons. The summed E-state index contributed by atoms with van der Waals surface area (Å²) in [5, 5.41) is 0. The Morgan fingerprint density at radius 3 is 2.52 bits per heavy atom. The fourth-order valence-electron chi connectivity index (χ4n) is 3.06. The van der Waals surface area contributed by atoms with Crippen molar-refractivity contribution in [3.8, 4) is 0 Å². The molecule has 0 N–H and O–H groups in total. The first kappa shape index (κ1) is 19.5. The Morgan fingerprint density at radius 2 is 1.96 bits per heavy atom. The van der Waals surface area contributed by atoms with Crippen molar-refractivity contribution < 1.29 is 23.5 Å². The summed E-state index contributed by atoms with van der Waals surface area (Å²) in [5.74, 6) is 0.482. The van der Waals surface area contributed by atoms with Gasteiger partial charge in [0, 0.05) is 39.7 Å². The monoisotopic (exact) mass is 352 g/mol. The molecule has 1 aliphatic heterocycles. The van der Waals surface area contributed by atoms with E-state index >= 15 is 0 Å². The molecular formula is C18H28N2O5. The largest absolute Gasteiger partial charge is 0.469 e. The summed E-state index contributed by atoms with van der Waals surface area (Å²) in [6.07, 6.45) is 1.85. The lowest BCUT2D eigenvalue weighted by atomic mass is 10.2. The van der Waals surface area contributed by atoms with E-state index < -0.39 is 0 Å². The Morgan fingerprint density at radius 1 is 1.28 bits per heavy atom. The predicted molar refractivity (Wildman–Crippen MR) is 92.4 cm³/mol. The number of rotatable bonds is 7. The van der Waals surface area contributed by atoms with Gasteiger partial charge in [-0.2, -0.15) is 0 Å². The van der Waals surface area contributed by atoms with Gasteiger partial charge in [0.15, 0.2) is 0 Å². The lowest BCUT2D eigenvalue weighted by Crippen LogP contribution is -2.49. The molecule has 2 amide bonds. The van der Waals surface area contributed by atoms with Crippen molar-refractivity contribution in [2.75, 3.05) is 39.9 Å². The van der Waals surface area contributed by atoms with E-state index in [2.05, 4.69) is 0 Å². The minimum absolute atomic E-state index is 0.0347. The van der Waals surface area contributed by atoms with Gasteiger partial charge in [-0.05, 0) is 26.8 Å². The van der Waals surface area contributed by atoms with E-state index in [1.807, 2.05) is 18.7 Å². The van der Waals surface area contributed by atoms with Gasteiger partial charge >= 0.3 is 0 Å². The quantitative estimate of drug-likeness (QED) is 0.747. The molecule has 1 fully saturated rings. The number of aryl methyl sites for hydroxylation is 1. The van der Waals surface area contributed by atoms with Crippen LogP contribution in [0, 0.1) is 6.92 Å². The van der Waals surface area contributed by atoms with Crippen LogP contribution >= 0.6 is 0 Å². The Labute approximate surface area is 148 Å². The maximum atomic E-state index is 12.7. The van der Waals surface area contributed by atoms with Crippen LogP contribution in [0.15, 0.2) is 16.7 Å². The molecule has 0 aliphatic carbocycles. The van der Waals surface area contributed by atoms with Gasteiger partial charge in [-0.25, -0.2) is 0 Å². The Kier molecular flexibility index (Phi) is 7.01. The lowest BCUT2D eigenvalue weighted by molar-refractivity contribution is -0.143. The van der Waals surface area contributed by atoms with E-state index in [9.17, 15) is 9.59 Å². The molecule has 1 saturated heterocycles. The Bertz CT molecular complexity index is 576. The number of hydrogen-bond acceptors (Lipinski definition) is 5. The molecule has 2 heterocycles. The fraction of sp³-hybridized carbons (Fsp3) is 0.667. The standard InChI is InChI=1S/C18H28N2O5/c1-13-11-20(12-14(2)25-13)17(21)5-7-19(8-10-23-4)18(22)16-6-9-24-15(16)3/h6,9,13-14H,5,7-8,10-12H2,1-4H3. The number of carbonyl (C=O) groups is 2. The summed E-state index contributed by atoms with van der Waals surface area (Å²) < 4.78 is 16.0. The van der Waals surface area contributed by atoms with Gasteiger partial charge in [-0.15, -0.1) is 0 Å².